The molecule has 2 aromatic carbocycles. The van der Waals surface area contributed by atoms with Gasteiger partial charge >= 0.3 is 0 Å². The number of rotatable bonds is 6. The summed E-state index contributed by atoms with van der Waals surface area (Å²) in [6.07, 6.45) is 1.13. The maximum absolute atomic E-state index is 12.0. The van der Waals surface area contributed by atoms with Crippen molar-refractivity contribution in [2.75, 3.05) is 0 Å². The van der Waals surface area contributed by atoms with Gasteiger partial charge in [-0.1, -0.05) is 63.0 Å². The van der Waals surface area contributed by atoms with Gasteiger partial charge in [0.1, 0.15) is 0 Å². The largest absolute Gasteiger partial charge is 0.347 e. The Morgan fingerprint density at radius 1 is 1.20 bits per heavy atom. The second kappa shape index (κ2) is 8.07. The van der Waals surface area contributed by atoms with Crippen molar-refractivity contribution in [2.24, 2.45) is 0 Å². The Hall–Kier alpha value is -2.47. The van der Waals surface area contributed by atoms with Crippen molar-refractivity contribution >= 4 is 21.8 Å². The summed E-state index contributed by atoms with van der Waals surface area (Å²) >= 11 is 3.41. The van der Waals surface area contributed by atoms with Gasteiger partial charge < -0.3 is 9.84 Å². The Kier molecular flexibility index (Phi) is 5.60. The van der Waals surface area contributed by atoms with E-state index in [9.17, 15) is 4.79 Å². The predicted molar refractivity (Wildman–Crippen MR) is 98.8 cm³/mol. The highest BCUT2D eigenvalue weighted by molar-refractivity contribution is 9.10. The number of hydrogen-bond acceptors (Lipinski definition) is 4. The van der Waals surface area contributed by atoms with Crippen molar-refractivity contribution in [1.82, 2.24) is 15.5 Å². The SMILES string of the molecule is Cc1ccc(CCC(=O)NCc2nc(-c3cccc(Br)c3)no2)cc1. The fourth-order valence-corrected chi connectivity index (χ4v) is 2.75. The Bertz CT molecular complexity index is 859. The molecule has 25 heavy (non-hydrogen) atoms. The highest BCUT2D eigenvalue weighted by atomic mass is 79.9. The van der Waals surface area contributed by atoms with Gasteiger partial charge in [-0.25, -0.2) is 0 Å². The second-order valence-electron chi connectivity index (χ2n) is 5.78. The molecular formula is C19H18BrN3O2. The number of carbonyl (C=O) groups is 1. The minimum atomic E-state index is -0.0391. The van der Waals surface area contributed by atoms with Crippen LogP contribution in [0.4, 0.5) is 0 Å². The molecule has 0 atom stereocenters. The molecule has 0 saturated heterocycles. The first kappa shape index (κ1) is 17.4. The Morgan fingerprint density at radius 2 is 2.00 bits per heavy atom. The number of carbonyl (C=O) groups excluding carboxylic acids is 1. The van der Waals surface area contributed by atoms with Crippen LogP contribution < -0.4 is 5.32 Å². The molecule has 0 unspecified atom stereocenters. The van der Waals surface area contributed by atoms with Crippen molar-refractivity contribution in [3.63, 3.8) is 0 Å². The number of benzene rings is 2. The molecule has 5 nitrogen and oxygen atoms in total. The molecule has 1 aromatic heterocycles. The zero-order valence-corrected chi connectivity index (χ0v) is 15.4. The predicted octanol–water partition coefficient (Wildman–Crippen LogP) is 4.06. The summed E-state index contributed by atoms with van der Waals surface area (Å²) in [4.78, 5) is 16.3. The van der Waals surface area contributed by atoms with Crippen molar-refractivity contribution < 1.29 is 9.32 Å². The first-order valence-electron chi connectivity index (χ1n) is 8.01. The lowest BCUT2D eigenvalue weighted by molar-refractivity contribution is -0.121. The van der Waals surface area contributed by atoms with E-state index in [1.807, 2.05) is 43.3 Å². The van der Waals surface area contributed by atoms with Gasteiger partial charge in [0.25, 0.3) is 0 Å². The van der Waals surface area contributed by atoms with E-state index in [0.29, 0.717) is 24.6 Å². The molecule has 0 spiro atoms. The normalized spacial score (nSPS) is 10.6. The van der Waals surface area contributed by atoms with E-state index in [1.54, 1.807) is 0 Å². The van der Waals surface area contributed by atoms with Crippen LogP contribution in [0.3, 0.4) is 0 Å². The molecule has 0 aliphatic heterocycles. The van der Waals surface area contributed by atoms with Gasteiger partial charge in [0.05, 0.1) is 6.54 Å². The monoisotopic (exact) mass is 399 g/mol. The fraction of sp³-hybridized carbons (Fsp3) is 0.211. The number of aryl methyl sites for hydroxylation is 2. The third kappa shape index (κ3) is 5.00. The van der Waals surface area contributed by atoms with E-state index in [-0.39, 0.29) is 12.5 Å². The molecule has 3 aromatic rings. The summed E-state index contributed by atoms with van der Waals surface area (Å²) in [6.45, 7) is 2.27. The Morgan fingerprint density at radius 3 is 2.76 bits per heavy atom. The highest BCUT2D eigenvalue weighted by Crippen LogP contribution is 2.20. The minimum absolute atomic E-state index is 0.0391. The maximum atomic E-state index is 12.0. The molecule has 0 fully saturated rings. The van der Waals surface area contributed by atoms with Crippen LogP contribution in [0.2, 0.25) is 0 Å². The van der Waals surface area contributed by atoms with E-state index in [1.165, 1.54) is 5.56 Å². The van der Waals surface area contributed by atoms with Crippen molar-refractivity contribution in [3.05, 3.63) is 70.0 Å². The van der Waals surface area contributed by atoms with Gasteiger partial charge in [0.15, 0.2) is 0 Å². The van der Waals surface area contributed by atoms with E-state index < -0.39 is 0 Å². The summed E-state index contributed by atoms with van der Waals surface area (Å²) < 4.78 is 6.14. The van der Waals surface area contributed by atoms with Gasteiger partial charge in [0, 0.05) is 16.5 Å². The van der Waals surface area contributed by atoms with E-state index >= 15 is 0 Å². The number of nitrogens with zero attached hydrogens (tertiary/aromatic N) is 2. The summed E-state index contributed by atoms with van der Waals surface area (Å²) in [5, 5.41) is 6.76. The summed E-state index contributed by atoms with van der Waals surface area (Å²) in [5.74, 6) is 0.853. The molecule has 0 aliphatic rings. The molecular weight excluding hydrogens is 382 g/mol. The average molecular weight is 400 g/mol. The lowest BCUT2D eigenvalue weighted by Crippen LogP contribution is -2.23. The van der Waals surface area contributed by atoms with Crippen molar-refractivity contribution in [1.29, 1.82) is 0 Å². The minimum Gasteiger partial charge on any atom is -0.347 e. The summed E-state index contributed by atoms with van der Waals surface area (Å²) in [5.41, 5.74) is 3.22. The summed E-state index contributed by atoms with van der Waals surface area (Å²) in [7, 11) is 0. The highest BCUT2D eigenvalue weighted by Gasteiger charge is 2.10. The van der Waals surface area contributed by atoms with Crippen LogP contribution in [0.1, 0.15) is 23.4 Å². The van der Waals surface area contributed by atoms with E-state index in [0.717, 1.165) is 15.6 Å². The van der Waals surface area contributed by atoms with Crippen LogP contribution in [0, 0.1) is 6.92 Å². The average Bonchev–Trinajstić information content (AvgIpc) is 3.08. The van der Waals surface area contributed by atoms with Crippen LogP contribution in [-0.2, 0) is 17.8 Å². The lowest BCUT2D eigenvalue weighted by Gasteiger charge is -2.03. The molecule has 0 radical (unpaired) electrons. The molecule has 6 heteroatoms. The number of aromatic nitrogens is 2. The first-order valence-corrected chi connectivity index (χ1v) is 8.80. The van der Waals surface area contributed by atoms with Gasteiger partial charge in [-0.15, -0.1) is 0 Å². The quantitative estimate of drug-likeness (QED) is 0.678. The van der Waals surface area contributed by atoms with Crippen LogP contribution >= 0.6 is 15.9 Å². The molecule has 0 saturated carbocycles. The zero-order valence-electron chi connectivity index (χ0n) is 13.8. The molecule has 0 bridgehead atoms. The molecule has 1 N–H and O–H groups in total. The number of nitrogens with one attached hydrogen (secondary N) is 1. The van der Waals surface area contributed by atoms with Gasteiger partial charge in [-0.3, -0.25) is 4.79 Å². The van der Waals surface area contributed by atoms with Crippen LogP contribution in [0.25, 0.3) is 11.4 Å². The molecule has 128 valence electrons. The van der Waals surface area contributed by atoms with E-state index in [2.05, 4.69) is 43.5 Å². The molecule has 0 aliphatic carbocycles. The Labute approximate surface area is 154 Å². The van der Waals surface area contributed by atoms with Crippen molar-refractivity contribution in [2.45, 2.75) is 26.3 Å². The molecule has 3 rings (SSSR count). The van der Waals surface area contributed by atoms with Crippen LogP contribution in [0.5, 0.6) is 0 Å². The zero-order chi connectivity index (χ0) is 17.6. The third-order valence-corrected chi connectivity index (χ3v) is 4.24. The van der Waals surface area contributed by atoms with Crippen molar-refractivity contribution in [3.8, 4) is 11.4 Å². The van der Waals surface area contributed by atoms with Gasteiger partial charge in [-0.2, -0.15) is 4.98 Å². The summed E-state index contributed by atoms with van der Waals surface area (Å²) in [6, 6.07) is 15.8. The number of amides is 1. The van der Waals surface area contributed by atoms with E-state index in [4.69, 9.17) is 4.52 Å². The van der Waals surface area contributed by atoms with Crippen LogP contribution in [0.15, 0.2) is 57.5 Å². The number of hydrogen-bond donors (Lipinski definition) is 1. The third-order valence-electron chi connectivity index (χ3n) is 3.75. The number of halogens is 1. The lowest BCUT2D eigenvalue weighted by atomic mass is 10.1. The van der Waals surface area contributed by atoms with Gasteiger partial charge in [-0.05, 0) is 31.0 Å². The molecule has 1 heterocycles. The maximum Gasteiger partial charge on any atom is 0.246 e. The topological polar surface area (TPSA) is 68.0 Å². The molecule has 1 amide bonds. The smallest absolute Gasteiger partial charge is 0.246 e. The Balaban J connectivity index is 1.50. The van der Waals surface area contributed by atoms with Crippen LogP contribution in [-0.4, -0.2) is 16.0 Å². The fourth-order valence-electron chi connectivity index (χ4n) is 2.35. The standard InChI is InChI=1S/C19H18BrN3O2/c1-13-5-7-14(8-6-13)9-10-17(24)21-12-18-22-19(23-25-18)15-3-2-4-16(20)11-15/h2-8,11H,9-10,12H2,1H3,(H,21,24). The first-order chi connectivity index (χ1) is 12.1. The second-order valence-corrected chi connectivity index (χ2v) is 6.70. The van der Waals surface area contributed by atoms with Gasteiger partial charge in [0.2, 0.25) is 17.6 Å².